The third-order valence-corrected chi connectivity index (χ3v) is 8.01. The molecule has 0 spiro atoms. The lowest BCUT2D eigenvalue weighted by Gasteiger charge is -2.51. The van der Waals surface area contributed by atoms with Crippen LogP contribution in [0.3, 0.4) is 0 Å². The second-order valence-electron chi connectivity index (χ2n) is 11.3. The second kappa shape index (κ2) is 14.2. The van der Waals surface area contributed by atoms with Gasteiger partial charge in [0, 0.05) is 32.5 Å². The van der Waals surface area contributed by atoms with Crippen LogP contribution in [0, 0.1) is 5.92 Å². The molecule has 1 aromatic carbocycles. The number of carboxylic acids is 3. The lowest BCUT2D eigenvalue weighted by Crippen LogP contribution is -2.79. The van der Waals surface area contributed by atoms with E-state index in [1.54, 1.807) is 13.8 Å². The van der Waals surface area contributed by atoms with Crippen molar-refractivity contribution >= 4 is 23.9 Å². The summed E-state index contributed by atoms with van der Waals surface area (Å²) < 4.78 is 28.7. The molecule has 2 fully saturated rings. The molecular weight excluding hydrogens is 580 g/mol. The van der Waals surface area contributed by atoms with E-state index in [0.29, 0.717) is 18.4 Å². The van der Waals surface area contributed by atoms with Crippen molar-refractivity contribution in [3.05, 3.63) is 48.0 Å². The van der Waals surface area contributed by atoms with Crippen molar-refractivity contribution in [3.63, 3.8) is 0 Å². The van der Waals surface area contributed by atoms with Gasteiger partial charge >= 0.3 is 23.9 Å². The molecule has 0 aromatic heterocycles. The molecule has 8 atom stereocenters. The van der Waals surface area contributed by atoms with Gasteiger partial charge in [0.25, 0.3) is 0 Å². The van der Waals surface area contributed by atoms with E-state index in [-0.39, 0.29) is 38.4 Å². The maximum atomic E-state index is 13.1. The van der Waals surface area contributed by atoms with Crippen LogP contribution in [0.1, 0.15) is 58.9 Å². The summed E-state index contributed by atoms with van der Waals surface area (Å²) in [6.45, 7) is 10.0. The summed E-state index contributed by atoms with van der Waals surface area (Å²) in [6, 6.07) is 9.47. The number of carboxylic acid groups (broad SMARTS) is 3. The number of hydrogen-bond acceptors (Lipinski definition) is 10. The quantitative estimate of drug-likeness (QED) is 0.146. The van der Waals surface area contributed by atoms with Crippen LogP contribution in [0.4, 0.5) is 0 Å². The van der Waals surface area contributed by atoms with Gasteiger partial charge in [-0.25, -0.2) is 14.4 Å². The summed E-state index contributed by atoms with van der Waals surface area (Å²) in [5.41, 5.74) is -4.82. The monoisotopic (exact) mass is 622 g/mol. The number of ether oxygens (including phenoxy) is 5. The summed E-state index contributed by atoms with van der Waals surface area (Å²) in [6.07, 6.45) is -6.49. The highest BCUT2D eigenvalue weighted by atomic mass is 16.8. The van der Waals surface area contributed by atoms with E-state index in [1.165, 1.54) is 6.92 Å². The Balaban J connectivity index is 2.05. The lowest BCUT2D eigenvalue weighted by atomic mass is 9.74. The molecule has 2 aliphatic rings. The van der Waals surface area contributed by atoms with E-state index in [1.807, 2.05) is 37.3 Å². The number of benzene rings is 1. The minimum absolute atomic E-state index is 0.0907. The maximum Gasteiger partial charge on any atom is 0.343 e. The fraction of sp³-hybridized carbons (Fsp3) is 0.613. The third-order valence-electron chi connectivity index (χ3n) is 8.01. The summed E-state index contributed by atoms with van der Waals surface area (Å²) >= 11 is 0. The second-order valence-corrected chi connectivity index (χ2v) is 11.3. The Morgan fingerprint density at radius 2 is 1.66 bits per heavy atom. The highest BCUT2D eigenvalue weighted by Gasteiger charge is 2.86. The Morgan fingerprint density at radius 1 is 1.02 bits per heavy atom. The molecule has 44 heavy (non-hydrogen) atoms. The Kier molecular flexibility index (Phi) is 11.3. The number of aliphatic carboxylic acids is 3. The summed E-state index contributed by atoms with van der Waals surface area (Å²) in [5, 5.41) is 42.8. The number of rotatable bonds is 17. The van der Waals surface area contributed by atoms with Gasteiger partial charge in [0.1, 0.15) is 18.3 Å². The van der Waals surface area contributed by atoms with Crippen molar-refractivity contribution in [2.45, 2.75) is 101 Å². The predicted octanol–water partition coefficient (Wildman–Crippen LogP) is 2.57. The number of hydrogen-bond donors (Lipinski definition) is 4. The zero-order valence-electron chi connectivity index (χ0n) is 25.4. The van der Waals surface area contributed by atoms with Crippen LogP contribution in [0.15, 0.2) is 42.5 Å². The third kappa shape index (κ3) is 6.24. The van der Waals surface area contributed by atoms with Crippen molar-refractivity contribution in [3.8, 4) is 0 Å². The van der Waals surface area contributed by atoms with E-state index < -0.39 is 65.3 Å². The van der Waals surface area contributed by atoms with Gasteiger partial charge in [0.15, 0.2) is 5.79 Å². The fourth-order valence-corrected chi connectivity index (χ4v) is 6.09. The molecule has 2 saturated heterocycles. The van der Waals surface area contributed by atoms with Crippen LogP contribution >= 0.6 is 0 Å². The minimum atomic E-state index is -3.14. The highest BCUT2D eigenvalue weighted by molar-refractivity contribution is 5.98. The first-order chi connectivity index (χ1) is 20.7. The molecule has 2 unspecified atom stereocenters. The molecule has 1 aromatic rings. The van der Waals surface area contributed by atoms with Crippen molar-refractivity contribution in [2.75, 3.05) is 13.2 Å². The summed E-state index contributed by atoms with van der Waals surface area (Å²) in [5.74, 6) is -8.90. The van der Waals surface area contributed by atoms with Gasteiger partial charge in [-0.1, -0.05) is 57.7 Å². The first-order valence-electron chi connectivity index (χ1n) is 14.6. The molecule has 2 aliphatic heterocycles. The average molecular weight is 623 g/mol. The van der Waals surface area contributed by atoms with Crippen LogP contribution in [-0.2, 0) is 49.3 Å². The van der Waals surface area contributed by atoms with E-state index >= 15 is 0 Å². The summed E-state index contributed by atoms with van der Waals surface area (Å²) in [7, 11) is 0. The molecule has 2 bridgehead atoms. The summed E-state index contributed by atoms with van der Waals surface area (Å²) in [4.78, 5) is 50.6. The van der Waals surface area contributed by atoms with Gasteiger partial charge < -0.3 is 44.1 Å². The smallest absolute Gasteiger partial charge is 0.343 e. The van der Waals surface area contributed by atoms with E-state index in [9.17, 15) is 39.6 Å². The van der Waals surface area contributed by atoms with E-state index in [4.69, 9.17) is 23.7 Å². The zero-order chi connectivity index (χ0) is 32.9. The Labute approximate surface area is 255 Å². The van der Waals surface area contributed by atoms with Crippen LogP contribution in [0.25, 0.3) is 0 Å². The number of esters is 1. The molecule has 0 saturated carbocycles. The van der Waals surface area contributed by atoms with Crippen LogP contribution in [-0.4, -0.2) is 98.9 Å². The largest absolute Gasteiger partial charge is 0.479 e. The van der Waals surface area contributed by atoms with Crippen LogP contribution in [0.5, 0.6) is 0 Å². The molecule has 13 nitrogen and oxygen atoms in total. The van der Waals surface area contributed by atoms with Crippen molar-refractivity contribution < 1.29 is 63.3 Å². The van der Waals surface area contributed by atoms with E-state index in [0.717, 1.165) is 5.56 Å². The van der Waals surface area contributed by atoms with Crippen LogP contribution in [0.2, 0.25) is 0 Å². The molecule has 4 N–H and O–H groups in total. The number of aliphatic hydroxyl groups is 1. The molecule has 0 aliphatic carbocycles. The lowest BCUT2D eigenvalue weighted by molar-refractivity contribution is -0.380. The normalized spacial score (nSPS) is 30.7. The zero-order valence-corrected chi connectivity index (χ0v) is 25.4. The number of carbonyl (C=O) groups is 4. The minimum Gasteiger partial charge on any atom is -0.479 e. The Bertz CT molecular complexity index is 1220. The van der Waals surface area contributed by atoms with Gasteiger partial charge in [-0.05, 0) is 36.8 Å². The number of aliphatic hydroxyl groups excluding tert-OH is 1. The van der Waals surface area contributed by atoms with Crippen LogP contribution < -0.4 is 0 Å². The standard InChI is InChI=1S/C31H42O13/c1-6-15-40-24-23(33)29(14-13-18(3)22(42-20(5)32)19(4)17-21-11-9-8-10-12-21)43-25(26(34)35)30(27(36)37,41-16-7-2)31(24,44-29)28(38)39/h8-12,19,22-25,33H,3,6-7,13-17H2,1-2,4-5H3,(H,34,35)(H,36,37)(H,38,39)/t19?,22?,23-,24-,25-,29-,30-,31-/m1/s1. The highest BCUT2D eigenvalue weighted by Crippen LogP contribution is 2.57. The Hall–Kier alpha value is -3.36. The SMILES string of the molecule is C=C(CC[C@@]12O[C@H](C(=O)O)[C@@](OCCC)(C(=O)O)[C@@](C(=O)O)(O1)[C@H](OCCC)[C@H]2O)C(OC(C)=O)C(C)Cc1ccccc1. The van der Waals surface area contributed by atoms with Gasteiger partial charge in [0.05, 0.1) is 0 Å². The maximum absolute atomic E-state index is 13.1. The van der Waals surface area contributed by atoms with Crippen molar-refractivity contribution in [1.29, 1.82) is 0 Å². The molecule has 2 heterocycles. The molecule has 0 amide bonds. The topological polar surface area (TPSA) is 195 Å². The first-order valence-corrected chi connectivity index (χ1v) is 14.6. The van der Waals surface area contributed by atoms with Crippen molar-refractivity contribution in [1.82, 2.24) is 0 Å². The predicted molar refractivity (Wildman–Crippen MR) is 153 cm³/mol. The van der Waals surface area contributed by atoms with Gasteiger partial charge in [-0.3, -0.25) is 4.79 Å². The van der Waals surface area contributed by atoms with Gasteiger partial charge in [-0.2, -0.15) is 0 Å². The fourth-order valence-electron chi connectivity index (χ4n) is 6.09. The molecule has 244 valence electrons. The van der Waals surface area contributed by atoms with Gasteiger partial charge in [0.2, 0.25) is 17.3 Å². The average Bonchev–Trinajstić information content (AvgIpc) is 3.18. The molecule has 3 rings (SSSR count). The number of carbonyl (C=O) groups excluding carboxylic acids is 1. The van der Waals surface area contributed by atoms with Crippen molar-refractivity contribution in [2.24, 2.45) is 5.92 Å². The first kappa shape index (κ1) is 35.1. The number of fused-ring (bicyclic) bond motifs is 2. The molecular formula is C31H42O13. The molecule has 13 heteroatoms. The molecule has 0 radical (unpaired) electrons. The van der Waals surface area contributed by atoms with Gasteiger partial charge in [-0.15, -0.1) is 0 Å². The Morgan fingerprint density at radius 3 is 2.18 bits per heavy atom. The van der Waals surface area contributed by atoms with E-state index in [2.05, 4.69) is 6.58 Å².